The zero-order valence-corrected chi connectivity index (χ0v) is 20.7. The number of hydrogen-bond acceptors (Lipinski definition) is 2. The minimum absolute atomic E-state index is 0.768. The van der Waals surface area contributed by atoms with Crippen molar-refractivity contribution in [2.45, 2.75) is 59.9 Å². The summed E-state index contributed by atoms with van der Waals surface area (Å²) >= 11 is 12.6. The molecule has 1 aromatic carbocycles. The fourth-order valence-electron chi connectivity index (χ4n) is 3.66. The lowest BCUT2D eigenvalue weighted by Crippen LogP contribution is -2.45. The Bertz CT molecular complexity index is 732. The standard InChI is InChI=1S/C26H38Cl2N2/c1-21(2)8-5-9-22(3)10-6-11-23(4)14-15-29-16-18-30(19-17-29)20-24-25(27)12-7-13-26(24)28/h7-8,10,12-14H,5-6,9,11,15-20H2,1-4H3/b22-10+,23-14+. The fraction of sp³-hybridized carbons (Fsp3) is 0.538. The van der Waals surface area contributed by atoms with Crippen molar-refractivity contribution in [1.82, 2.24) is 9.80 Å². The van der Waals surface area contributed by atoms with Crippen LogP contribution in [0.5, 0.6) is 0 Å². The van der Waals surface area contributed by atoms with Gasteiger partial charge < -0.3 is 0 Å². The van der Waals surface area contributed by atoms with E-state index in [0.717, 1.165) is 74.1 Å². The molecule has 1 aliphatic heterocycles. The van der Waals surface area contributed by atoms with E-state index >= 15 is 0 Å². The van der Waals surface area contributed by atoms with Crippen molar-refractivity contribution in [2.24, 2.45) is 0 Å². The van der Waals surface area contributed by atoms with Crippen LogP contribution in [0.4, 0.5) is 0 Å². The highest BCUT2D eigenvalue weighted by Crippen LogP contribution is 2.26. The molecule has 0 amide bonds. The van der Waals surface area contributed by atoms with Gasteiger partial charge >= 0.3 is 0 Å². The summed E-state index contributed by atoms with van der Waals surface area (Å²) < 4.78 is 0. The van der Waals surface area contributed by atoms with Crippen molar-refractivity contribution in [2.75, 3.05) is 32.7 Å². The van der Waals surface area contributed by atoms with Gasteiger partial charge in [0.2, 0.25) is 0 Å². The fourth-order valence-corrected chi connectivity index (χ4v) is 4.18. The topological polar surface area (TPSA) is 6.48 Å². The molecule has 4 heteroatoms. The minimum atomic E-state index is 0.768. The molecule has 1 aliphatic rings. The van der Waals surface area contributed by atoms with E-state index in [1.165, 1.54) is 23.1 Å². The largest absolute Gasteiger partial charge is 0.297 e. The molecule has 0 N–H and O–H groups in total. The summed E-state index contributed by atoms with van der Waals surface area (Å²) in [5.41, 5.74) is 5.47. The van der Waals surface area contributed by atoms with Gasteiger partial charge in [0.25, 0.3) is 0 Å². The molecule has 0 aromatic heterocycles. The second-order valence-electron chi connectivity index (χ2n) is 8.74. The summed E-state index contributed by atoms with van der Waals surface area (Å²) in [5.74, 6) is 0. The second-order valence-corrected chi connectivity index (χ2v) is 9.55. The summed E-state index contributed by atoms with van der Waals surface area (Å²) in [5, 5.41) is 1.54. The average molecular weight is 450 g/mol. The summed E-state index contributed by atoms with van der Waals surface area (Å²) in [6, 6.07) is 5.75. The first kappa shape index (κ1) is 25.2. The summed E-state index contributed by atoms with van der Waals surface area (Å²) in [4.78, 5) is 4.98. The molecule has 2 nitrogen and oxygen atoms in total. The van der Waals surface area contributed by atoms with E-state index in [2.05, 4.69) is 55.7 Å². The van der Waals surface area contributed by atoms with Gasteiger partial charge in [0, 0.05) is 54.9 Å². The van der Waals surface area contributed by atoms with Crippen LogP contribution in [0.15, 0.2) is 53.1 Å². The lowest BCUT2D eigenvalue weighted by molar-refractivity contribution is 0.137. The first-order valence-corrected chi connectivity index (χ1v) is 11.9. The van der Waals surface area contributed by atoms with Crippen molar-refractivity contribution >= 4 is 23.2 Å². The highest BCUT2D eigenvalue weighted by molar-refractivity contribution is 6.35. The van der Waals surface area contributed by atoms with E-state index < -0.39 is 0 Å². The molecule has 2 rings (SSSR count). The first-order chi connectivity index (χ1) is 14.3. The van der Waals surface area contributed by atoms with Gasteiger partial charge in [-0.05, 0) is 65.5 Å². The number of piperazine rings is 1. The van der Waals surface area contributed by atoms with Crippen molar-refractivity contribution in [1.29, 1.82) is 0 Å². The maximum atomic E-state index is 6.32. The third-order valence-electron chi connectivity index (χ3n) is 5.73. The molecule has 0 saturated carbocycles. The maximum Gasteiger partial charge on any atom is 0.0465 e. The molecule has 0 aliphatic carbocycles. The SMILES string of the molecule is CC(C)=CCC/C(C)=C/CC/C(C)=C/CN1CCN(Cc2c(Cl)cccc2Cl)CC1. The van der Waals surface area contributed by atoms with Crippen LogP contribution in [0.2, 0.25) is 10.0 Å². The molecule has 1 heterocycles. The average Bonchev–Trinajstić information content (AvgIpc) is 2.70. The summed E-state index contributed by atoms with van der Waals surface area (Å²) in [6.45, 7) is 15.0. The van der Waals surface area contributed by atoms with E-state index in [0.29, 0.717) is 0 Å². The zero-order chi connectivity index (χ0) is 21.9. The molecule has 1 saturated heterocycles. The van der Waals surface area contributed by atoms with Gasteiger partial charge in [-0.15, -0.1) is 0 Å². The van der Waals surface area contributed by atoms with Gasteiger partial charge in [-0.2, -0.15) is 0 Å². The molecule has 0 spiro atoms. The first-order valence-electron chi connectivity index (χ1n) is 11.2. The third kappa shape index (κ3) is 9.39. The van der Waals surface area contributed by atoms with Crippen molar-refractivity contribution in [3.8, 4) is 0 Å². The van der Waals surface area contributed by atoms with Crippen LogP contribution < -0.4 is 0 Å². The molecule has 0 atom stereocenters. The van der Waals surface area contributed by atoms with Crippen LogP contribution in [-0.2, 0) is 6.54 Å². The monoisotopic (exact) mass is 448 g/mol. The van der Waals surface area contributed by atoms with Gasteiger partial charge in [0.1, 0.15) is 0 Å². The molecule has 0 unspecified atom stereocenters. The predicted molar refractivity (Wildman–Crippen MR) is 134 cm³/mol. The molecule has 166 valence electrons. The van der Waals surface area contributed by atoms with Gasteiger partial charge in [-0.1, -0.05) is 64.2 Å². The zero-order valence-electron chi connectivity index (χ0n) is 19.2. The molecular weight excluding hydrogens is 411 g/mol. The Morgan fingerprint density at radius 1 is 0.800 bits per heavy atom. The van der Waals surface area contributed by atoms with Gasteiger partial charge in [0.15, 0.2) is 0 Å². The quantitative estimate of drug-likeness (QED) is 0.341. The number of rotatable bonds is 10. The molecular formula is C26H38Cl2N2. The van der Waals surface area contributed by atoms with Crippen molar-refractivity contribution in [3.05, 3.63) is 68.8 Å². The molecule has 1 fully saturated rings. The smallest absolute Gasteiger partial charge is 0.0465 e. The molecule has 30 heavy (non-hydrogen) atoms. The van der Waals surface area contributed by atoms with E-state index in [4.69, 9.17) is 23.2 Å². The number of allylic oxidation sites excluding steroid dienone is 5. The second kappa shape index (κ2) is 13.4. The van der Waals surface area contributed by atoms with Crippen molar-refractivity contribution < 1.29 is 0 Å². The Hall–Kier alpha value is -1.06. The number of benzene rings is 1. The maximum absolute atomic E-state index is 6.32. The Morgan fingerprint density at radius 2 is 1.33 bits per heavy atom. The van der Waals surface area contributed by atoms with Crippen LogP contribution in [0.25, 0.3) is 0 Å². The molecule has 0 radical (unpaired) electrons. The van der Waals surface area contributed by atoms with E-state index in [1.54, 1.807) is 0 Å². The number of nitrogens with zero attached hydrogens (tertiary/aromatic N) is 2. The Kier molecular flexibility index (Phi) is 11.2. The van der Waals surface area contributed by atoms with E-state index in [-0.39, 0.29) is 0 Å². The van der Waals surface area contributed by atoms with E-state index in [9.17, 15) is 0 Å². The number of hydrogen-bond donors (Lipinski definition) is 0. The van der Waals surface area contributed by atoms with Crippen LogP contribution in [0.3, 0.4) is 0 Å². The van der Waals surface area contributed by atoms with E-state index in [1.807, 2.05) is 18.2 Å². The lowest BCUT2D eigenvalue weighted by atomic mass is 10.1. The van der Waals surface area contributed by atoms with Gasteiger partial charge in [0.05, 0.1) is 0 Å². The summed E-state index contributed by atoms with van der Waals surface area (Å²) in [6.07, 6.45) is 11.8. The van der Waals surface area contributed by atoms with Gasteiger partial charge in [-0.25, -0.2) is 0 Å². The normalized spacial score (nSPS) is 16.7. The Balaban J connectivity index is 1.68. The summed E-state index contributed by atoms with van der Waals surface area (Å²) in [7, 11) is 0. The Labute approximate surface area is 194 Å². The van der Waals surface area contributed by atoms with Crippen LogP contribution in [0, 0.1) is 0 Å². The van der Waals surface area contributed by atoms with Crippen LogP contribution in [-0.4, -0.2) is 42.5 Å². The van der Waals surface area contributed by atoms with Crippen molar-refractivity contribution in [3.63, 3.8) is 0 Å². The predicted octanol–water partition coefficient (Wildman–Crippen LogP) is 7.53. The Morgan fingerprint density at radius 3 is 1.93 bits per heavy atom. The lowest BCUT2D eigenvalue weighted by Gasteiger charge is -2.34. The molecule has 1 aromatic rings. The van der Waals surface area contributed by atoms with Crippen LogP contribution >= 0.6 is 23.2 Å². The van der Waals surface area contributed by atoms with Crippen LogP contribution in [0.1, 0.15) is 58.9 Å². The van der Waals surface area contributed by atoms with Gasteiger partial charge in [-0.3, -0.25) is 9.80 Å². The highest BCUT2D eigenvalue weighted by atomic mass is 35.5. The number of halogens is 2. The molecule has 0 bridgehead atoms. The highest BCUT2D eigenvalue weighted by Gasteiger charge is 2.18. The third-order valence-corrected chi connectivity index (χ3v) is 6.44. The minimum Gasteiger partial charge on any atom is -0.297 e.